The summed E-state index contributed by atoms with van der Waals surface area (Å²) in [4.78, 5) is 32.7. The molecule has 2 aromatic heterocycles. The second kappa shape index (κ2) is 14.7. The van der Waals surface area contributed by atoms with Crippen molar-refractivity contribution in [3.05, 3.63) is 47.3 Å². The molecule has 39 heavy (non-hydrogen) atoms. The molecule has 0 aliphatic heterocycles. The second-order valence-corrected chi connectivity index (χ2v) is 9.78. The maximum absolute atomic E-state index is 13.3. The number of hydrogen-bond donors (Lipinski definition) is 4. The summed E-state index contributed by atoms with van der Waals surface area (Å²) in [6.45, 7) is -0.748. The molecule has 214 valence electrons. The smallest absolute Gasteiger partial charge is 0.294 e. The van der Waals surface area contributed by atoms with Gasteiger partial charge in [0.05, 0.1) is 18.2 Å². The molecule has 0 atom stereocenters. The largest absolute Gasteiger partial charge is 0.486 e. The number of ether oxygens (including phenoxy) is 1. The molecule has 1 fully saturated rings. The number of aromatic nitrogens is 1. The van der Waals surface area contributed by atoms with E-state index in [2.05, 4.69) is 20.5 Å². The predicted molar refractivity (Wildman–Crippen MR) is 155 cm³/mol. The molecule has 1 aliphatic carbocycles. The normalized spacial score (nSPS) is 16.9. The number of amides is 2. The zero-order valence-electron chi connectivity index (χ0n) is 21.6. The Morgan fingerprint density at radius 1 is 1.10 bits per heavy atom. The van der Waals surface area contributed by atoms with Gasteiger partial charge in [-0.25, -0.2) is 4.98 Å². The summed E-state index contributed by atoms with van der Waals surface area (Å²) in [5, 5.41) is 25.2. The first-order chi connectivity index (χ1) is 17.8. The number of nitrogens with zero attached hydrogens (tertiary/aromatic N) is 2. The average molecular weight is 604 g/mol. The summed E-state index contributed by atoms with van der Waals surface area (Å²) in [6, 6.07) is 8.40. The lowest BCUT2D eigenvalue weighted by Crippen LogP contribution is -2.35. The standard InChI is InChI=1S/C26H31ClN4O6.2ClH/c1-31(2)17-6-3-15(4-7-17)25(34)30-23-20-11-18(36-19(13-32)14-33)8-9-21(20)37-24(23)26(35)29-22-10-5-16(27)12-28-22;;/h5,8-12,15,17,19,32-33H,3-4,6-7,13-14H2,1-2H3,(H,30,34)(H,28,29,35);2*1H. The highest BCUT2D eigenvalue weighted by Crippen LogP contribution is 2.36. The van der Waals surface area contributed by atoms with E-state index in [1.807, 2.05) is 14.1 Å². The van der Waals surface area contributed by atoms with Crippen LogP contribution in [0.25, 0.3) is 11.0 Å². The highest BCUT2D eigenvalue weighted by Gasteiger charge is 2.30. The minimum absolute atomic E-state index is 0. The van der Waals surface area contributed by atoms with Crippen molar-refractivity contribution in [2.75, 3.05) is 37.9 Å². The number of anilines is 2. The highest BCUT2D eigenvalue weighted by molar-refractivity contribution is 6.30. The van der Waals surface area contributed by atoms with Gasteiger partial charge in [-0.1, -0.05) is 11.6 Å². The lowest BCUT2D eigenvalue weighted by atomic mass is 9.85. The molecule has 13 heteroatoms. The van der Waals surface area contributed by atoms with Crippen LogP contribution in [0, 0.1) is 5.92 Å². The summed E-state index contributed by atoms with van der Waals surface area (Å²) in [7, 11) is 4.09. The van der Waals surface area contributed by atoms with E-state index >= 15 is 0 Å². The molecule has 4 rings (SSSR count). The molecular weight excluding hydrogens is 571 g/mol. The van der Waals surface area contributed by atoms with Crippen molar-refractivity contribution in [1.29, 1.82) is 0 Å². The van der Waals surface area contributed by atoms with Crippen LogP contribution < -0.4 is 15.4 Å². The lowest BCUT2D eigenvalue weighted by Gasteiger charge is -2.31. The molecule has 2 amide bonds. The number of carbonyl (C=O) groups excluding carboxylic acids is 2. The van der Waals surface area contributed by atoms with E-state index in [1.54, 1.807) is 30.3 Å². The molecule has 0 spiro atoms. The topological polar surface area (TPSA) is 137 Å². The van der Waals surface area contributed by atoms with E-state index < -0.39 is 12.0 Å². The van der Waals surface area contributed by atoms with Gasteiger partial charge in [0.2, 0.25) is 11.7 Å². The van der Waals surface area contributed by atoms with Crippen molar-refractivity contribution in [3.8, 4) is 5.75 Å². The van der Waals surface area contributed by atoms with Crippen LogP contribution in [0.15, 0.2) is 40.9 Å². The van der Waals surface area contributed by atoms with Crippen LogP contribution in [-0.2, 0) is 4.79 Å². The van der Waals surface area contributed by atoms with Gasteiger partial charge >= 0.3 is 0 Å². The fourth-order valence-electron chi connectivity index (χ4n) is 4.46. The van der Waals surface area contributed by atoms with E-state index in [9.17, 15) is 19.8 Å². The predicted octanol–water partition coefficient (Wildman–Crippen LogP) is 4.37. The van der Waals surface area contributed by atoms with E-state index in [4.69, 9.17) is 20.8 Å². The van der Waals surface area contributed by atoms with Crippen LogP contribution in [0.1, 0.15) is 36.2 Å². The van der Waals surface area contributed by atoms with E-state index in [0.717, 1.165) is 25.7 Å². The summed E-state index contributed by atoms with van der Waals surface area (Å²) >= 11 is 5.89. The van der Waals surface area contributed by atoms with Gasteiger partial charge in [-0.05, 0) is 70.1 Å². The van der Waals surface area contributed by atoms with Gasteiger partial charge in [0, 0.05) is 23.5 Å². The number of aliphatic hydroxyl groups excluding tert-OH is 2. The molecule has 0 unspecified atom stereocenters. The van der Waals surface area contributed by atoms with Gasteiger partial charge in [-0.2, -0.15) is 0 Å². The average Bonchev–Trinajstić information content (AvgIpc) is 3.26. The van der Waals surface area contributed by atoms with Crippen molar-refractivity contribution in [1.82, 2.24) is 9.88 Å². The van der Waals surface area contributed by atoms with Crippen molar-refractivity contribution >= 4 is 70.7 Å². The van der Waals surface area contributed by atoms with Gasteiger partial charge in [0.1, 0.15) is 28.9 Å². The number of pyridine rings is 1. The minimum Gasteiger partial charge on any atom is -0.486 e. The van der Waals surface area contributed by atoms with Gasteiger partial charge in [0.25, 0.3) is 5.91 Å². The van der Waals surface area contributed by atoms with Crippen LogP contribution in [0.5, 0.6) is 5.75 Å². The van der Waals surface area contributed by atoms with Gasteiger partial charge in [-0.15, -0.1) is 24.8 Å². The molecular formula is C26H33Cl3N4O6. The number of furan rings is 1. The monoisotopic (exact) mass is 602 g/mol. The number of carbonyl (C=O) groups is 2. The molecule has 3 aromatic rings. The van der Waals surface area contributed by atoms with Crippen molar-refractivity contribution in [2.24, 2.45) is 5.92 Å². The number of fused-ring (bicyclic) bond motifs is 1. The number of nitrogens with one attached hydrogen (secondary N) is 2. The highest BCUT2D eigenvalue weighted by atomic mass is 35.5. The molecule has 0 radical (unpaired) electrons. The SMILES string of the molecule is CN(C)C1CCC(C(=O)Nc2c(C(=O)Nc3ccc(Cl)cn3)oc3ccc(OC(CO)CO)cc23)CC1.Cl.Cl. The van der Waals surface area contributed by atoms with E-state index in [0.29, 0.717) is 27.8 Å². The van der Waals surface area contributed by atoms with Crippen LogP contribution in [-0.4, -0.2) is 71.4 Å². The van der Waals surface area contributed by atoms with Crippen LogP contribution in [0.3, 0.4) is 0 Å². The molecule has 1 saturated carbocycles. The van der Waals surface area contributed by atoms with Crippen LogP contribution in [0.2, 0.25) is 5.02 Å². The Bertz CT molecular complexity index is 1240. The summed E-state index contributed by atoms with van der Waals surface area (Å²) < 4.78 is 11.5. The third-order valence-corrected chi connectivity index (χ3v) is 6.81. The summed E-state index contributed by atoms with van der Waals surface area (Å²) in [6.07, 6.45) is 3.90. The molecule has 1 aromatic carbocycles. The Labute approximate surface area is 243 Å². The quantitative estimate of drug-likeness (QED) is 0.283. The van der Waals surface area contributed by atoms with Gasteiger partial charge in [0.15, 0.2) is 0 Å². The molecule has 10 nitrogen and oxygen atoms in total. The number of halogens is 3. The van der Waals surface area contributed by atoms with Gasteiger partial charge < -0.3 is 34.9 Å². The van der Waals surface area contributed by atoms with E-state index in [1.165, 1.54) is 6.20 Å². The van der Waals surface area contributed by atoms with E-state index in [-0.39, 0.29) is 67.1 Å². The number of aliphatic hydroxyl groups is 2. The fraction of sp³-hybridized carbons (Fsp3) is 0.423. The second-order valence-electron chi connectivity index (χ2n) is 9.34. The fourth-order valence-corrected chi connectivity index (χ4v) is 4.57. The first-order valence-corrected chi connectivity index (χ1v) is 12.5. The zero-order valence-corrected chi connectivity index (χ0v) is 23.9. The Morgan fingerprint density at radius 2 is 1.79 bits per heavy atom. The Morgan fingerprint density at radius 3 is 2.38 bits per heavy atom. The number of rotatable bonds is 9. The molecule has 0 bridgehead atoms. The minimum atomic E-state index is -0.812. The zero-order chi connectivity index (χ0) is 26.5. The van der Waals surface area contributed by atoms with Gasteiger partial charge in [-0.3, -0.25) is 9.59 Å². The first kappa shape index (κ1) is 32.6. The third kappa shape index (κ3) is 7.97. The summed E-state index contributed by atoms with van der Waals surface area (Å²) in [5.41, 5.74) is 0.578. The summed E-state index contributed by atoms with van der Waals surface area (Å²) in [5.74, 6) is -0.443. The molecule has 4 N–H and O–H groups in total. The molecule has 2 heterocycles. The van der Waals surface area contributed by atoms with Crippen LogP contribution >= 0.6 is 36.4 Å². The van der Waals surface area contributed by atoms with Crippen molar-refractivity contribution < 1.29 is 29.0 Å². The van der Waals surface area contributed by atoms with Crippen molar-refractivity contribution in [3.63, 3.8) is 0 Å². The number of benzene rings is 1. The molecule has 0 saturated heterocycles. The number of hydrogen-bond acceptors (Lipinski definition) is 8. The third-order valence-electron chi connectivity index (χ3n) is 6.59. The van der Waals surface area contributed by atoms with Crippen molar-refractivity contribution in [2.45, 2.75) is 37.8 Å². The molecule has 1 aliphatic rings. The Kier molecular flexibility index (Phi) is 12.3. The Balaban J connectivity index is 0.00000267. The Hall–Kier alpha value is -2.60. The van der Waals surface area contributed by atoms with Crippen LogP contribution in [0.4, 0.5) is 11.5 Å². The maximum Gasteiger partial charge on any atom is 0.294 e. The maximum atomic E-state index is 13.3. The lowest BCUT2D eigenvalue weighted by molar-refractivity contribution is -0.121. The first-order valence-electron chi connectivity index (χ1n) is 12.1.